The average Bonchev–Trinajstić information content (AvgIpc) is 3.03. The third-order valence-corrected chi connectivity index (χ3v) is 4.18. The number of carbonyl (C=O) groups excluding carboxylic acids is 1. The highest BCUT2D eigenvalue weighted by Crippen LogP contribution is 2.28. The summed E-state index contributed by atoms with van der Waals surface area (Å²) in [7, 11) is 0. The van der Waals surface area contributed by atoms with Crippen molar-refractivity contribution in [1.29, 1.82) is 0 Å². The maximum atomic E-state index is 11.7. The van der Waals surface area contributed by atoms with Crippen LogP contribution in [0.2, 0.25) is 0 Å². The molecular formula is C17H26N2O2. The standard InChI is InChI=1S/C17H26N2O2/c18-19(13-7-6-10-15-8-4-5-9-15)17(20)21-14-16-11-2-1-3-12-16/h1-3,11-12,15H,4-10,13-14,18H2. The van der Waals surface area contributed by atoms with Crippen molar-refractivity contribution in [3.63, 3.8) is 0 Å². The fourth-order valence-electron chi connectivity index (χ4n) is 2.91. The van der Waals surface area contributed by atoms with Gasteiger partial charge in [0.05, 0.1) is 0 Å². The normalized spacial score (nSPS) is 15.1. The van der Waals surface area contributed by atoms with E-state index >= 15 is 0 Å². The summed E-state index contributed by atoms with van der Waals surface area (Å²) in [4.78, 5) is 11.7. The molecule has 1 aromatic rings. The van der Waals surface area contributed by atoms with Crippen LogP contribution >= 0.6 is 0 Å². The molecule has 2 N–H and O–H groups in total. The molecular weight excluding hydrogens is 264 g/mol. The van der Waals surface area contributed by atoms with Gasteiger partial charge in [-0.3, -0.25) is 0 Å². The van der Waals surface area contributed by atoms with Gasteiger partial charge in [0, 0.05) is 6.54 Å². The monoisotopic (exact) mass is 290 g/mol. The molecule has 0 saturated heterocycles. The van der Waals surface area contributed by atoms with Gasteiger partial charge in [-0.15, -0.1) is 0 Å². The molecule has 1 saturated carbocycles. The first-order chi connectivity index (χ1) is 10.3. The van der Waals surface area contributed by atoms with Gasteiger partial charge < -0.3 is 4.74 Å². The number of hydrogen-bond donors (Lipinski definition) is 1. The minimum atomic E-state index is -0.445. The van der Waals surface area contributed by atoms with Crippen molar-refractivity contribution in [2.24, 2.45) is 11.8 Å². The lowest BCUT2D eigenvalue weighted by Crippen LogP contribution is -2.38. The minimum Gasteiger partial charge on any atom is -0.444 e. The number of rotatable bonds is 7. The lowest BCUT2D eigenvalue weighted by atomic mass is 10.0. The van der Waals surface area contributed by atoms with Crippen LogP contribution in [0.15, 0.2) is 30.3 Å². The molecule has 2 rings (SSSR count). The van der Waals surface area contributed by atoms with Crippen LogP contribution in [0.1, 0.15) is 50.5 Å². The molecule has 1 aliphatic carbocycles. The molecule has 0 aliphatic heterocycles. The average molecular weight is 290 g/mol. The Morgan fingerprint density at radius 2 is 1.90 bits per heavy atom. The fourth-order valence-corrected chi connectivity index (χ4v) is 2.91. The van der Waals surface area contributed by atoms with Crippen molar-refractivity contribution in [2.45, 2.75) is 51.6 Å². The molecule has 116 valence electrons. The molecule has 1 aliphatic rings. The number of hydrazine groups is 1. The topological polar surface area (TPSA) is 55.6 Å². The van der Waals surface area contributed by atoms with E-state index in [9.17, 15) is 4.79 Å². The molecule has 4 heteroatoms. The van der Waals surface area contributed by atoms with Crippen LogP contribution in [-0.2, 0) is 11.3 Å². The number of amides is 1. The first kappa shape index (κ1) is 15.8. The third-order valence-electron chi connectivity index (χ3n) is 4.18. The van der Waals surface area contributed by atoms with Crippen LogP contribution in [-0.4, -0.2) is 17.6 Å². The Bertz CT molecular complexity index is 416. The number of benzene rings is 1. The molecule has 1 amide bonds. The van der Waals surface area contributed by atoms with Gasteiger partial charge in [0.25, 0.3) is 0 Å². The Morgan fingerprint density at radius 1 is 1.19 bits per heavy atom. The van der Waals surface area contributed by atoms with Crippen LogP contribution in [0.4, 0.5) is 4.79 Å². The minimum absolute atomic E-state index is 0.273. The van der Waals surface area contributed by atoms with Gasteiger partial charge in [-0.1, -0.05) is 68.9 Å². The van der Waals surface area contributed by atoms with Crippen LogP contribution in [0.25, 0.3) is 0 Å². The summed E-state index contributed by atoms with van der Waals surface area (Å²) in [5.41, 5.74) is 0.973. The highest BCUT2D eigenvalue weighted by atomic mass is 16.6. The molecule has 0 unspecified atom stereocenters. The van der Waals surface area contributed by atoms with Gasteiger partial charge in [-0.05, 0) is 17.9 Å². The largest absolute Gasteiger partial charge is 0.444 e. The van der Waals surface area contributed by atoms with Gasteiger partial charge in [-0.25, -0.2) is 15.6 Å². The van der Waals surface area contributed by atoms with Crippen molar-refractivity contribution < 1.29 is 9.53 Å². The summed E-state index contributed by atoms with van der Waals surface area (Å²) in [5, 5.41) is 1.19. The highest BCUT2D eigenvalue weighted by molar-refractivity contribution is 5.66. The molecule has 0 aromatic heterocycles. The quantitative estimate of drug-likeness (QED) is 0.359. The summed E-state index contributed by atoms with van der Waals surface area (Å²) in [6, 6.07) is 9.63. The van der Waals surface area contributed by atoms with E-state index in [0.29, 0.717) is 6.54 Å². The number of hydrogen-bond acceptors (Lipinski definition) is 3. The van der Waals surface area contributed by atoms with Crippen LogP contribution in [0, 0.1) is 5.92 Å². The van der Waals surface area contributed by atoms with E-state index in [1.54, 1.807) is 0 Å². The Hall–Kier alpha value is -1.55. The Kier molecular flexibility index (Phi) is 6.54. The molecule has 0 atom stereocenters. The van der Waals surface area contributed by atoms with Crippen LogP contribution in [0.3, 0.4) is 0 Å². The molecule has 4 nitrogen and oxygen atoms in total. The predicted octanol–water partition coefficient (Wildman–Crippen LogP) is 3.86. The maximum Gasteiger partial charge on any atom is 0.424 e. The highest BCUT2D eigenvalue weighted by Gasteiger charge is 2.15. The van der Waals surface area contributed by atoms with Crippen molar-refractivity contribution >= 4 is 6.09 Å². The number of nitrogens with two attached hydrogens (primary N) is 1. The van der Waals surface area contributed by atoms with E-state index < -0.39 is 6.09 Å². The number of carbonyl (C=O) groups is 1. The summed E-state index contributed by atoms with van der Waals surface area (Å²) < 4.78 is 5.18. The smallest absolute Gasteiger partial charge is 0.424 e. The van der Waals surface area contributed by atoms with Gasteiger partial charge in [-0.2, -0.15) is 0 Å². The Balaban J connectivity index is 1.56. The SMILES string of the molecule is NN(CCCCC1CCCC1)C(=O)OCc1ccccc1. The van der Waals surface area contributed by atoms with Crippen molar-refractivity contribution in [1.82, 2.24) is 5.01 Å². The molecule has 0 heterocycles. The van der Waals surface area contributed by atoms with Crippen LogP contribution < -0.4 is 5.84 Å². The predicted molar refractivity (Wildman–Crippen MR) is 83.3 cm³/mol. The van der Waals surface area contributed by atoms with Gasteiger partial charge >= 0.3 is 6.09 Å². The second-order valence-corrected chi connectivity index (χ2v) is 5.88. The first-order valence-electron chi connectivity index (χ1n) is 7.98. The number of ether oxygens (including phenoxy) is 1. The summed E-state index contributed by atoms with van der Waals surface area (Å²) in [6.07, 6.45) is 8.46. The first-order valence-corrected chi connectivity index (χ1v) is 7.98. The lowest BCUT2D eigenvalue weighted by Gasteiger charge is -2.17. The zero-order valence-corrected chi connectivity index (χ0v) is 12.7. The molecule has 1 fully saturated rings. The fraction of sp³-hybridized carbons (Fsp3) is 0.588. The Labute approximate surface area is 127 Å². The molecule has 21 heavy (non-hydrogen) atoms. The number of unbranched alkanes of at least 4 members (excludes halogenated alkanes) is 1. The second kappa shape index (κ2) is 8.67. The zero-order valence-electron chi connectivity index (χ0n) is 12.7. The second-order valence-electron chi connectivity index (χ2n) is 5.88. The molecule has 0 bridgehead atoms. The van der Waals surface area contributed by atoms with E-state index in [4.69, 9.17) is 10.6 Å². The van der Waals surface area contributed by atoms with E-state index in [2.05, 4.69) is 0 Å². The van der Waals surface area contributed by atoms with Crippen molar-refractivity contribution in [3.8, 4) is 0 Å². The molecule has 0 radical (unpaired) electrons. The lowest BCUT2D eigenvalue weighted by molar-refractivity contribution is 0.0955. The van der Waals surface area contributed by atoms with Crippen molar-refractivity contribution in [2.75, 3.05) is 6.54 Å². The maximum absolute atomic E-state index is 11.7. The van der Waals surface area contributed by atoms with Crippen LogP contribution in [0.5, 0.6) is 0 Å². The summed E-state index contributed by atoms with van der Waals surface area (Å²) in [5.74, 6) is 6.64. The van der Waals surface area contributed by atoms with Gasteiger partial charge in [0.2, 0.25) is 0 Å². The third kappa shape index (κ3) is 5.76. The number of nitrogens with zero attached hydrogens (tertiary/aromatic N) is 1. The zero-order chi connectivity index (χ0) is 14.9. The Morgan fingerprint density at radius 3 is 2.62 bits per heavy atom. The summed E-state index contributed by atoms with van der Waals surface area (Å²) in [6.45, 7) is 0.843. The van der Waals surface area contributed by atoms with Gasteiger partial charge in [0.15, 0.2) is 0 Å². The van der Waals surface area contributed by atoms with E-state index in [0.717, 1.165) is 24.3 Å². The van der Waals surface area contributed by atoms with Gasteiger partial charge in [0.1, 0.15) is 6.61 Å². The summed E-state index contributed by atoms with van der Waals surface area (Å²) >= 11 is 0. The van der Waals surface area contributed by atoms with E-state index in [-0.39, 0.29) is 6.61 Å². The van der Waals surface area contributed by atoms with E-state index in [1.165, 1.54) is 37.1 Å². The molecule has 1 aromatic carbocycles. The van der Waals surface area contributed by atoms with E-state index in [1.807, 2.05) is 30.3 Å². The molecule has 0 spiro atoms. The van der Waals surface area contributed by atoms with Crippen molar-refractivity contribution in [3.05, 3.63) is 35.9 Å².